The summed E-state index contributed by atoms with van der Waals surface area (Å²) in [6.45, 7) is 8.00. The third kappa shape index (κ3) is 4.85. The van der Waals surface area contributed by atoms with E-state index in [4.69, 9.17) is 0 Å². The molecule has 0 fully saturated rings. The molecule has 2 atom stereocenters. The van der Waals surface area contributed by atoms with Crippen LogP contribution in [0, 0.1) is 12.8 Å². The van der Waals surface area contributed by atoms with Crippen LogP contribution in [0.1, 0.15) is 45.6 Å². The Morgan fingerprint density at radius 3 is 2.65 bits per heavy atom. The van der Waals surface area contributed by atoms with Gasteiger partial charge in [-0.3, -0.25) is 4.79 Å². The zero-order valence-electron chi connectivity index (χ0n) is 12.9. The van der Waals surface area contributed by atoms with E-state index in [2.05, 4.69) is 10.6 Å². The standard InChI is InChI=1S/C16H26N2O2/c1-5-7-15(19)17-13-9-8-12(4)14(10-13)18-16(20)11(3)6-2/h8-11,16,18,20H,5-7H2,1-4H3,(H,17,19)/t11?,16-/m1/s1. The Kier molecular flexibility index (Phi) is 6.52. The van der Waals surface area contributed by atoms with Crippen LogP contribution in [0.4, 0.5) is 11.4 Å². The molecule has 0 heterocycles. The second-order valence-electron chi connectivity index (χ2n) is 5.30. The van der Waals surface area contributed by atoms with Crippen molar-refractivity contribution in [2.45, 2.75) is 53.2 Å². The number of aliphatic hydroxyl groups is 1. The summed E-state index contributed by atoms with van der Waals surface area (Å²) in [4.78, 5) is 11.6. The Hall–Kier alpha value is -1.55. The number of aryl methyl sites for hydroxylation is 1. The largest absolute Gasteiger partial charge is 0.374 e. The number of hydrogen-bond donors (Lipinski definition) is 3. The Morgan fingerprint density at radius 1 is 1.35 bits per heavy atom. The van der Waals surface area contributed by atoms with Gasteiger partial charge in [-0.25, -0.2) is 0 Å². The molecule has 0 radical (unpaired) electrons. The SMILES string of the molecule is CCCC(=O)Nc1ccc(C)c(N[C@H](O)C(C)CC)c1. The molecule has 1 aromatic carbocycles. The fourth-order valence-corrected chi connectivity index (χ4v) is 1.83. The third-order valence-electron chi connectivity index (χ3n) is 3.48. The van der Waals surface area contributed by atoms with Crippen LogP contribution in [0.5, 0.6) is 0 Å². The molecule has 1 unspecified atom stereocenters. The summed E-state index contributed by atoms with van der Waals surface area (Å²) in [5, 5.41) is 16.0. The number of anilines is 2. The molecule has 0 aliphatic rings. The first-order chi connectivity index (χ1) is 9.47. The van der Waals surface area contributed by atoms with E-state index < -0.39 is 6.23 Å². The zero-order chi connectivity index (χ0) is 15.1. The van der Waals surface area contributed by atoms with Crippen LogP contribution in [0.25, 0.3) is 0 Å². The molecule has 0 spiro atoms. The Bertz CT molecular complexity index is 446. The predicted molar refractivity (Wildman–Crippen MR) is 83.8 cm³/mol. The van der Waals surface area contributed by atoms with Crippen molar-refractivity contribution in [2.75, 3.05) is 10.6 Å². The van der Waals surface area contributed by atoms with Gasteiger partial charge in [0.15, 0.2) is 0 Å². The molecular weight excluding hydrogens is 252 g/mol. The highest BCUT2D eigenvalue weighted by Gasteiger charge is 2.13. The molecular formula is C16H26N2O2. The fraction of sp³-hybridized carbons (Fsp3) is 0.562. The lowest BCUT2D eigenvalue weighted by Gasteiger charge is -2.21. The molecule has 1 rings (SSSR count). The van der Waals surface area contributed by atoms with Crippen molar-refractivity contribution < 1.29 is 9.90 Å². The normalized spacial score (nSPS) is 13.7. The summed E-state index contributed by atoms with van der Waals surface area (Å²) in [7, 11) is 0. The highest BCUT2D eigenvalue weighted by atomic mass is 16.3. The van der Waals surface area contributed by atoms with E-state index in [1.807, 2.05) is 45.9 Å². The molecule has 1 aromatic rings. The van der Waals surface area contributed by atoms with Crippen LogP contribution in [-0.2, 0) is 4.79 Å². The molecule has 112 valence electrons. The number of hydrogen-bond acceptors (Lipinski definition) is 3. The first-order valence-corrected chi connectivity index (χ1v) is 7.33. The maximum absolute atomic E-state index is 11.6. The quantitative estimate of drug-likeness (QED) is 0.669. The van der Waals surface area contributed by atoms with Gasteiger partial charge in [-0.05, 0) is 37.5 Å². The van der Waals surface area contributed by atoms with Crippen molar-refractivity contribution in [1.29, 1.82) is 0 Å². The van der Waals surface area contributed by atoms with Crippen molar-refractivity contribution >= 4 is 17.3 Å². The van der Waals surface area contributed by atoms with E-state index >= 15 is 0 Å². The first-order valence-electron chi connectivity index (χ1n) is 7.33. The summed E-state index contributed by atoms with van der Waals surface area (Å²) in [6.07, 6.45) is 1.67. The van der Waals surface area contributed by atoms with Gasteiger partial charge in [-0.2, -0.15) is 0 Å². The van der Waals surface area contributed by atoms with Crippen LogP contribution >= 0.6 is 0 Å². The van der Waals surface area contributed by atoms with Crippen LogP contribution in [-0.4, -0.2) is 17.2 Å². The Balaban J connectivity index is 2.78. The monoisotopic (exact) mass is 278 g/mol. The average Bonchev–Trinajstić information content (AvgIpc) is 2.41. The van der Waals surface area contributed by atoms with Crippen LogP contribution in [0.2, 0.25) is 0 Å². The van der Waals surface area contributed by atoms with E-state index in [1.165, 1.54) is 0 Å². The number of benzene rings is 1. The number of aliphatic hydroxyl groups excluding tert-OH is 1. The number of rotatable bonds is 7. The zero-order valence-corrected chi connectivity index (χ0v) is 12.9. The lowest BCUT2D eigenvalue weighted by molar-refractivity contribution is -0.116. The smallest absolute Gasteiger partial charge is 0.224 e. The van der Waals surface area contributed by atoms with Gasteiger partial charge in [0.05, 0.1) is 0 Å². The fourth-order valence-electron chi connectivity index (χ4n) is 1.83. The Morgan fingerprint density at radius 2 is 2.05 bits per heavy atom. The van der Waals surface area contributed by atoms with E-state index in [9.17, 15) is 9.90 Å². The molecule has 0 saturated carbocycles. The number of amides is 1. The van der Waals surface area contributed by atoms with Gasteiger partial charge in [0.1, 0.15) is 6.23 Å². The second-order valence-corrected chi connectivity index (χ2v) is 5.30. The maximum atomic E-state index is 11.6. The minimum absolute atomic E-state index is 0.0183. The molecule has 1 amide bonds. The number of carbonyl (C=O) groups is 1. The molecule has 20 heavy (non-hydrogen) atoms. The van der Waals surface area contributed by atoms with Gasteiger partial charge in [0.25, 0.3) is 0 Å². The van der Waals surface area contributed by atoms with Gasteiger partial charge in [0, 0.05) is 23.7 Å². The van der Waals surface area contributed by atoms with E-state index in [1.54, 1.807) is 0 Å². The summed E-state index contributed by atoms with van der Waals surface area (Å²) in [5.74, 6) is 0.192. The molecule has 0 bridgehead atoms. The van der Waals surface area contributed by atoms with Crippen molar-refractivity contribution in [3.63, 3.8) is 0 Å². The molecule has 0 saturated heterocycles. The van der Waals surface area contributed by atoms with Crippen LogP contribution < -0.4 is 10.6 Å². The number of nitrogens with one attached hydrogen (secondary N) is 2. The van der Waals surface area contributed by atoms with Crippen molar-refractivity contribution in [1.82, 2.24) is 0 Å². The minimum Gasteiger partial charge on any atom is -0.374 e. The van der Waals surface area contributed by atoms with Gasteiger partial charge >= 0.3 is 0 Å². The van der Waals surface area contributed by atoms with E-state index in [-0.39, 0.29) is 11.8 Å². The van der Waals surface area contributed by atoms with E-state index in [0.717, 1.165) is 29.8 Å². The van der Waals surface area contributed by atoms with Crippen molar-refractivity contribution in [2.24, 2.45) is 5.92 Å². The van der Waals surface area contributed by atoms with Gasteiger partial charge < -0.3 is 15.7 Å². The summed E-state index contributed by atoms with van der Waals surface area (Å²) >= 11 is 0. The van der Waals surface area contributed by atoms with Gasteiger partial charge in [-0.15, -0.1) is 0 Å². The van der Waals surface area contributed by atoms with Gasteiger partial charge in [0.2, 0.25) is 5.91 Å². The van der Waals surface area contributed by atoms with Crippen molar-refractivity contribution in [3.8, 4) is 0 Å². The highest BCUT2D eigenvalue weighted by Crippen LogP contribution is 2.22. The second kappa shape index (κ2) is 7.90. The minimum atomic E-state index is -0.583. The maximum Gasteiger partial charge on any atom is 0.224 e. The highest BCUT2D eigenvalue weighted by molar-refractivity contribution is 5.91. The first kappa shape index (κ1) is 16.5. The Labute approximate surface area is 121 Å². The third-order valence-corrected chi connectivity index (χ3v) is 3.48. The number of carbonyl (C=O) groups excluding carboxylic acids is 1. The lowest BCUT2D eigenvalue weighted by atomic mass is 10.1. The molecule has 3 N–H and O–H groups in total. The van der Waals surface area contributed by atoms with Crippen LogP contribution in [0.3, 0.4) is 0 Å². The predicted octanol–water partition coefficient (Wildman–Crippen LogP) is 3.51. The molecule has 4 nitrogen and oxygen atoms in total. The molecule has 0 aliphatic heterocycles. The molecule has 4 heteroatoms. The average molecular weight is 278 g/mol. The van der Waals surface area contributed by atoms with Gasteiger partial charge in [-0.1, -0.05) is 26.8 Å². The lowest BCUT2D eigenvalue weighted by Crippen LogP contribution is -2.26. The topological polar surface area (TPSA) is 61.4 Å². The van der Waals surface area contributed by atoms with E-state index in [0.29, 0.717) is 6.42 Å². The van der Waals surface area contributed by atoms with Crippen LogP contribution in [0.15, 0.2) is 18.2 Å². The summed E-state index contributed by atoms with van der Waals surface area (Å²) < 4.78 is 0. The summed E-state index contributed by atoms with van der Waals surface area (Å²) in [5.41, 5.74) is 2.65. The molecule has 0 aromatic heterocycles. The van der Waals surface area contributed by atoms with Crippen molar-refractivity contribution in [3.05, 3.63) is 23.8 Å². The molecule has 0 aliphatic carbocycles. The summed E-state index contributed by atoms with van der Waals surface area (Å²) in [6, 6.07) is 5.69.